The Labute approximate surface area is 120 Å². The zero-order chi connectivity index (χ0) is 13.5. The molecule has 3 heterocycles. The lowest BCUT2D eigenvalue weighted by atomic mass is 10.1. The van der Waals surface area contributed by atoms with Gasteiger partial charge in [-0.2, -0.15) is 0 Å². The van der Waals surface area contributed by atoms with Crippen LogP contribution in [0.5, 0.6) is 0 Å². The minimum atomic E-state index is 0.986. The van der Waals surface area contributed by atoms with E-state index in [0.717, 1.165) is 16.8 Å². The Bertz CT molecular complexity index is 924. The molecule has 0 spiro atoms. The average molecular weight is 276 g/mol. The highest BCUT2D eigenvalue weighted by molar-refractivity contribution is 7.25. The summed E-state index contributed by atoms with van der Waals surface area (Å²) in [5.41, 5.74) is 3.21. The lowest BCUT2D eigenvalue weighted by Gasteiger charge is -2.01. The SMILES string of the molecule is Cc1cncc(-c2cc3sc4ccccc4c3cn2)c1. The number of hydrogen-bond acceptors (Lipinski definition) is 3. The van der Waals surface area contributed by atoms with E-state index in [0.29, 0.717) is 0 Å². The molecule has 0 radical (unpaired) electrons. The van der Waals surface area contributed by atoms with Gasteiger partial charge in [0.1, 0.15) is 0 Å². The molecule has 96 valence electrons. The van der Waals surface area contributed by atoms with Crippen molar-refractivity contribution in [3.8, 4) is 11.3 Å². The van der Waals surface area contributed by atoms with Crippen LogP contribution in [0, 0.1) is 6.92 Å². The topological polar surface area (TPSA) is 25.8 Å². The summed E-state index contributed by atoms with van der Waals surface area (Å²) in [6.45, 7) is 2.05. The van der Waals surface area contributed by atoms with Gasteiger partial charge in [0.15, 0.2) is 0 Å². The molecule has 3 aromatic heterocycles. The van der Waals surface area contributed by atoms with E-state index in [2.05, 4.69) is 53.3 Å². The number of pyridine rings is 2. The van der Waals surface area contributed by atoms with Crippen LogP contribution in [0.4, 0.5) is 0 Å². The fraction of sp³-hybridized carbons (Fsp3) is 0.0588. The summed E-state index contributed by atoms with van der Waals surface area (Å²) in [5.74, 6) is 0. The summed E-state index contributed by atoms with van der Waals surface area (Å²) in [6.07, 6.45) is 5.71. The van der Waals surface area contributed by atoms with Gasteiger partial charge in [-0.25, -0.2) is 0 Å². The van der Waals surface area contributed by atoms with Gasteiger partial charge in [0.05, 0.1) is 5.69 Å². The van der Waals surface area contributed by atoms with E-state index in [4.69, 9.17) is 0 Å². The summed E-state index contributed by atoms with van der Waals surface area (Å²) in [4.78, 5) is 8.85. The maximum absolute atomic E-state index is 4.61. The zero-order valence-electron chi connectivity index (χ0n) is 11.0. The number of aromatic nitrogens is 2. The standard InChI is InChI=1S/C17H12N2S/c1-11-6-12(9-18-8-11)15-7-17-14(10-19-15)13-4-2-3-5-16(13)20-17/h2-10H,1H3. The maximum atomic E-state index is 4.61. The van der Waals surface area contributed by atoms with Crippen molar-refractivity contribution in [2.45, 2.75) is 6.92 Å². The molecule has 0 aliphatic rings. The molecule has 2 nitrogen and oxygen atoms in total. The Morgan fingerprint density at radius 1 is 0.900 bits per heavy atom. The molecule has 4 aromatic rings. The number of rotatable bonds is 1. The van der Waals surface area contributed by atoms with Crippen molar-refractivity contribution in [2.24, 2.45) is 0 Å². The minimum absolute atomic E-state index is 0.986. The zero-order valence-corrected chi connectivity index (χ0v) is 11.8. The van der Waals surface area contributed by atoms with Gasteiger partial charge in [-0.1, -0.05) is 18.2 Å². The van der Waals surface area contributed by atoms with Crippen LogP contribution in [-0.4, -0.2) is 9.97 Å². The van der Waals surface area contributed by atoms with Gasteiger partial charge in [-0.05, 0) is 30.7 Å². The molecule has 0 atom stereocenters. The molecule has 3 heteroatoms. The number of aryl methyl sites for hydroxylation is 1. The van der Waals surface area contributed by atoms with E-state index in [9.17, 15) is 0 Å². The minimum Gasteiger partial charge on any atom is -0.264 e. The summed E-state index contributed by atoms with van der Waals surface area (Å²) < 4.78 is 2.58. The van der Waals surface area contributed by atoms with E-state index in [-0.39, 0.29) is 0 Å². The van der Waals surface area contributed by atoms with E-state index >= 15 is 0 Å². The van der Waals surface area contributed by atoms with Gasteiger partial charge in [0.25, 0.3) is 0 Å². The first-order valence-corrected chi connectivity index (χ1v) is 7.32. The van der Waals surface area contributed by atoms with E-state index in [1.165, 1.54) is 20.2 Å². The lowest BCUT2D eigenvalue weighted by Crippen LogP contribution is -1.85. The molecule has 0 unspecified atom stereocenters. The highest BCUT2D eigenvalue weighted by Gasteiger charge is 2.07. The average Bonchev–Trinajstić information content (AvgIpc) is 2.85. The predicted molar refractivity (Wildman–Crippen MR) is 85.1 cm³/mol. The van der Waals surface area contributed by atoms with Crippen LogP contribution in [0.15, 0.2) is 55.0 Å². The number of hydrogen-bond donors (Lipinski definition) is 0. The van der Waals surface area contributed by atoms with Gasteiger partial charge in [0.2, 0.25) is 0 Å². The molecule has 1 aromatic carbocycles. The fourth-order valence-corrected chi connectivity index (χ4v) is 3.59. The van der Waals surface area contributed by atoms with Crippen molar-refractivity contribution < 1.29 is 0 Å². The molecule has 0 fully saturated rings. The Morgan fingerprint density at radius 3 is 2.70 bits per heavy atom. The molecule has 0 bridgehead atoms. The highest BCUT2D eigenvalue weighted by Crippen LogP contribution is 2.34. The molecule has 0 aliphatic carbocycles. The Balaban J connectivity index is 1.97. The lowest BCUT2D eigenvalue weighted by molar-refractivity contribution is 1.25. The molecular formula is C17H12N2S. The van der Waals surface area contributed by atoms with Gasteiger partial charge < -0.3 is 0 Å². The quantitative estimate of drug-likeness (QED) is 0.498. The molecule has 0 N–H and O–H groups in total. The largest absolute Gasteiger partial charge is 0.264 e. The van der Waals surface area contributed by atoms with Crippen molar-refractivity contribution in [1.82, 2.24) is 9.97 Å². The van der Waals surface area contributed by atoms with Crippen LogP contribution in [0.3, 0.4) is 0 Å². The van der Waals surface area contributed by atoms with Gasteiger partial charge in [-0.15, -0.1) is 11.3 Å². The molecule has 20 heavy (non-hydrogen) atoms. The van der Waals surface area contributed by atoms with Crippen LogP contribution >= 0.6 is 11.3 Å². The number of nitrogens with zero attached hydrogens (tertiary/aromatic N) is 2. The maximum Gasteiger partial charge on any atom is 0.0732 e. The van der Waals surface area contributed by atoms with Gasteiger partial charge in [0, 0.05) is 44.3 Å². The molecule has 0 saturated heterocycles. The van der Waals surface area contributed by atoms with E-state index in [1.807, 2.05) is 29.9 Å². The van der Waals surface area contributed by atoms with Crippen molar-refractivity contribution in [2.75, 3.05) is 0 Å². The normalized spacial score (nSPS) is 11.2. The Morgan fingerprint density at radius 2 is 1.80 bits per heavy atom. The molecule has 4 rings (SSSR count). The Hall–Kier alpha value is -2.26. The van der Waals surface area contributed by atoms with Crippen LogP contribution in [-0.2, 0) is 0 Å². The van der Waals surface area contributed by atoms with Crippen molar-refractivity contribution in [3.05, 3.63) is 60.6 Å². The third-order valence-corrected chi connectivity index (χ3v) is 4.57. The highest BCUT2D eigenvalue weighted by atomic mass is 32.1. The van der Waals surface area contributed by atoms with E-state index in [1.54, 1.807) is 0 Å². The third kappa shape index (κ3) is 1.79. The van der Waals surface area contributed by atoms with Crippen molar-refractivity contribution in [3.63, 3.8) is 0 Å². The predicted octanol–water partition coefficient (Wildman–Crippen LogP) is 4.82. The first-order valence-electron chi connectivity index (χ1n) is 6.50. The van der Waals surface area contributed by atoms with Crippen molar-refractivity contribution >= 4 is 31.5 Å². The smallest absolute Gasteiger partial charge is 0.0732 e. The fourth-order valence-electron chi connectivity index (χ4n) is 2.47. The summed E-state index contributed by atoms with van der Waals surface area (Å²) >= 11 is 1.81. The first-order chi connectivity index (χ1) is 9.81. The second-order valence-electron chi connectivity index (χ2n) is 4.91. The second kappa shape index (κ2) is 4.39. The van der Waals surface area contributed by atoms with Gasteiger partial charge >= 0.3 is 0 Å². The number of thiophene rings is 1. The van der Waals surface area contributed by atoms with Gasteiger partial charge in [-0.3, -0.25) is 9.97 Å². The number of benzene rings is 1. The second-order valence-corrected chi connectivity index (χ2v) is 6.00. The molecule has 0 amide bonds. The Kier molecular flexibility index (Phi) is 2.54. The molecule has 0 aliphatic heterocycles. The van der Waals surface area contributed by atoms with Crippen LogP contribution < -0.4 is 0 Å². The monoisotopic (exact) mass is 276 g/mol. The van der Waals surface area contributed by atoms with Crippen LogP contribution in [0.25, 0.3) is 31.4 Å². The molecular weight excluding hydrogens is 264 g/mol. The summed E-state index contributed by atoms with van der Waals surface area (Å²) in [5, 5.41) is 2.52. The third-order valence-electron chi connectivity index (χ3n) is 3.43. The molecule has 0 saturated carbocycles. The summed E-state index contributed by atoms with van der Waals surface area (Å²) in [7, 11) is 0. The van der Waals surface area contributed by atoms with Crippen LogP contribution in [0.1, 0.15) is 5.56 Å². The van der Waals surface area contributed by atoms with E-state index < -0.39 is 0 Å². The van der Waals surface area contributed by atoms with Crippen molar-refractivity contribution in [1.29, 1.82) is 0 Å². The number of fused-ring (bicyclic) bond motifs is 3. The van der Waals surface area contributed by atoms with Crippen LogP contribution in [0.2, 0.25) is 0 Å². The summed E-state index contributed by atoms with van der Waals surface area (Å²) in [6, 6.07) is 12.8. The first kappa shape index (κ1) is 11.6.